The van der Waals surface area contributed by atoms with Gasteiger partial charge in [0.1, 0.15) is 23.0 Å². The molecule has 2 aromatic rings. The standard InChI is InChI=1S/C14H16ClN3O/c1-11-13(15)17-10-18-14(11)16-8-5-9-19-12-6-3-2-4-7-12/h2-4,6-7,10H,5,8-9H2,1H3,(H,16,17,18). The maximum absolute atomic E-state index is 5.92. The monoisotopic (exact) mass is 277 g/mol. The maximum Gasteiger partial charge on any atom is 0.137 e. The first-order valence-electron chi connectivity index (χ1n) is 6.16. The average molecular weight is 278 g/mol. The lowest BCUT2D eigenvalue weighted by atomic mass is 10.3. The zero-order valence-electron chi connectivity index (χ0n) is 10.8. The summed E-state index contributed by atoms with van der Waals surface area (Å²) in [6.45, 7) is 3.33. The largest absolute Gasteiger partial charge is 0.494 e. The minimum atomic E-state index is 0.484. The van der Waals surface area contributed by atoms with Crippen molar-refractivity contribution >= 4 is 17.4 Å². The number of benzene rings is 1. The Morgan fingerprint density at radius 1 is 1.21 bits per heavy atom. The van der Waals surface area contributed by atoms with Crippen LogP contribution in [0.1, 0.15) is 12.0 Å². The van der Waals surface area contributed by atoms with Gasteiger partial charge in [-0.15, -0.1) is 0 Å². The van der Waals surface area contributed by atoms with Crippen LogP contribution in [0, 0.1) is 6.92 Å². The van der Waals surface area contributed by atoms with E-state index in [1.165, 1.54) is 6.33 Å². The molecule has 0 aliphatic carbocycles. The molecule has 0 aliphatic rings. The second kappa shape index (κ2) is 6.95. The summed E-state index contributed by atoms with van der Waals surface area (Å²) in [5.41, 5.74) is 0.869. The molecular formula is C14H16ClN3O. The van der Waals surface area contributed by atoms with Crippen LogP contribution in [0.5, 0.6) is 5.75 Å². The zero-order valence-corrected chi connectivity index (χ0v) is 11.5. The van der Waals surface area contributed by atoms with Crippen LogP contribution in [0.25, 0.3) is 0 Å². The number of rotatable bonds is 6. The van der Waals surface area contributed by atoms with Crippen molar-refractivity contribution < 1.29 is 4.74 Å². The zero-order chi connectivity index (χ0) is 13.5. The van der Waals surface area contributed by atoms with E-state index >= 15 is 0 Å². The van der Waals surface area contributed by atoms with Crippen molar-refractivity contribution in [3.05, 3.63) is 47.4 Å². The first-order valence-corrected chi connectivity index (χ1v) is 6.54. The van der Waals surface area contributed by atoms with Gasteiger partial charge in [-0.3, -0.25) is 0 Å². The van der Waals surface area contributed by atoms with E-state index in [1.807, 2.05) is 37.3 Å². The molecule has 2 rings (SSSR count). The van der Waals surface area contributed by atoms with Crippen molar-refractivity contribution in [2.75, 3.05) is 18.5 Å². The molecule has 0 saturated heterocycles. The first-order chi connectivity index (χ1) is 9.27. The summed E-state index contributed by atoms with van der Waals surface area (Å²) in [5.74, 6) is 1.67. The molecule has 0 radical (unpaired) electrons. The van der Waals surface area contributed by atoms with Crippen LogP contribution in [-0.2, 0) is 0 Å². The molecule has 0 fully saturated rings. The molecule has 4 nitrogen and oxygen atoms in total. The maximum atomic E-state index is 5.92. The van der Waals surface area contributed by atoms with Gasteiger partial charge in [0.05, 0.1) is 6.61 Å². The number of hydrogen-bond donors (Lipinski definition) is 1. The van der Waals surface area contributed by atoms with Crippen LogP contribution >= 0.6 is 11.6 Å². The highest BCUT2D eigenvalue weighted by Gasteiger charge is 2.03. The van der Waals surface area contributed by atoms with Crippen molar-refractivity contribution in [2.45, 2.75) is 13.3 Å². The first kappa shape index (κ1) is 13.6. The Kier molecular flexibility index (Phi) is 4.98. The number of aromatic nitrogens is 2. The molecule has 5 heteroatoms. The SMILES string of the molecule is Cc1c(Cl)ncnc1NCCCOc1ccccc1. The van der Waals surface area contributed by atoms with Crippen molar-refractivity contribution in [2.24, 2.45) is 0 Å². The topological polar surface area (TPSA) is 47.0 Å². The van der Waals surface area contributed by atoms with Crippen LogP contribution in [0.4, 0.5) is 5.82 Å². The fourth-order valence-electron chi connectivity index (χ4n) is 1.59. The number of nitrogens with one attached hydrogen (secondary N) is 1. The predicted molar refractivity (Wildman–Crippen MR) is 76.8 cm³/mol. The van der Waals surface area contributed by atoms with Crippen molar-refractivity contribution in [3.8, 4) is 5.75 Å². The smallest absolute Gasteiger partial charge is 0.137 e. The molecule has 1 aromatic heterocycles. The average Bonchev–Trinajstić information content (AvgIpc) is 2.44. The van der Waals surface area contributed by atoms with Crippen molar-refractivity contribution in [1.82, 2.24) is 9.97 Å². The van der Waals surface area contributed by atoms with E-state index in [0.29, 0.717) is 11.8 Å². The van der Waals surface area contributed by atoms with Crippen LogP contribution in [-0.4, -0.2) is 23.1 Å². The lowest BCUT2D eigenvalue weighted by Gasteiger charge is -2.09. The number of anilines is 1. The Morgan fingerprint density at radius 3 is 2.79 bits per heavy atom. The Bertz CT molecular complexity index is 519. The van der Waals surface area contributed by atoms with E-state index in [0.717, 1.165) is 30.1 Å². The van der Waals surface area contributed by atoms with Gasteiger partial charge in [0.25, 0.3) is 0 Å². The molecule has 100 valence electrons. The van der Waals surface area contributed by atoms with E-state index < -0.39 is 0 Å². The second-order valence-electron chi connectivity index (χ2n) is 4.08. The lowest BCUT2D eigenvalue weighted by Crippen LogP contribution is -2.09. The summed E-state index contributed by atoms with van der Waals surface area (Å²) in [5, 5.41) is 3.71. The Hall–Kier alpha value is -1.81. The molecule has 1 aromatic carbocycles. The molecule has 1 heterocycles. The van der Waals surface area contributed by atoms with Gasteiger partial charge in [-0.05, 0) is 25.5 Å². The molecule has 0 atom stereocenters. The van der Waals surface area contributed by atoms with Gasteiger partial charge in [-0.2, -0.15) is 0 Å². The van der Waals surface area contributed by atoms with Gasteiger partial charge < -0.3 is 10.1 Å². The molecule has 1 N–H and O–H groups in total. The highest BCUT2D eigenvalue weighted by atomic mass is 35.5. The third-order valence-corrected chi connectivity index (χ3v) is 3.03. The predicted octanol–water partition coefficient (Wildman–Crippen LogP) is 3.32. The molecular weight excluding hydrogens is 262 g/mol. The van der Waals surface area contributed by atoms with Gasteiger partial charge in [-0.1, -0.05) is 29.8 Å². The van der Waals surface area contributed by atoms with E-state index in [4.69, 9.17) is 16.3 Å². The summed E-state index contributed by atoms with van der Waals surface area (Å²) in [4.78, 5) is 8.06. The van der Waals surface area contributed by atoms with Crippen molar-refractivity contribution in [1.29, 1.82) is 0 Å². The molecule has 0 spiro atoms. The summed E-state index contributed by atoms with van der Waals surface area (Å²) in [7, 11) is 0. The summed E-state index contributed by atoms with van der Waals surface area (Å²) in [6.07, 6.45) is 2.34. The minimum Gasteiger partial charge on any atom is -0.494 e. The lowest BCUT2D eigenvalue weighted by molar-refractivity contribution is 0.315. The molecule has 19 heavy (non-hydrogen) atoms. The summed E-state index contributed by atoms with van der Waals surface area (Å²) >= 11 is 5.92. The molecule has 0 saturated carbocycles. The number of hydrogen-bond acceptors (Lipinski definition) is 4. The van der Waals surface area contributed by atoms with E-state index in [2.05, 4.69) is 15.3 Å². The molecule has 0 bridgehead atoms. The Balaban J connectivity index is 1.71. The van der Waals surface area contributed by atoms with Crippen molar-refractivity contribution in [3.63, 3.8) is 0 Å². The van der Waals surface area contributed by atoms with E-state index in [9.17, 15) is 0 Å². The highest BCUT2D eigenvalue weighted by Crippen LogP contribution is 2.17. The van der Waals surface area contributed by atoms with Gasteiger partial charge in [0, 0.05) is 12.1 Å². The van der Waals surface area contributed by atoms with Gasteiger partial charge in [0.2, 0.25) is 0 Å². The fraction of sp³-hybridized carbons (Fsp3) is 0.286. The Labute approximate surface area is 117 Å². The molecule has 0 aliphatic heterocycles. The quantitative estimate of drug-likeness (QED) is 0.650. The van der Waals surface area contributed by atoms with Crippen LogP contribution < -0.4 is 10.1 Å². The Morgan fingerprint density at radius 2 is 2.00 bits per heavy atom. The molecule has 0 unspecified atom stereocenters. The third kappa shape index (κ3) is 4.10. The molecule has 0 amide bonds. The van der Waals surface area contributed by atoms with Gasteiger partial charge >= 0.3 is 0 Å². The highest BCUT2D eigenvalue weighted by molar-refractivity contribution is 6.30. The number of nitrogens with zero attached hydrogens (tertiary/aromatic N) is 2. The number of halogens is 1. The van der Waals surface area contributed by atoms with Gasteiger partial charge in [0.15, 0.2) is 0 Å². The van der Waals surface area contributed by atoms with Crippen LogP contribution in [0.3, 0.4) is 0 Å². The fourth-order valence-corrected chi connectivity index (χ4v) is 1.73. The van der Waals surface area contributed by atoms with E-state index in [1.54, 1.807) is 0 Å². The minimum absolute atomic E-state index is 0.484. The van der Waals surface area contributed by atoms with Crippen LogP contribution in [0.2, 0.25) is 5.15 Å². The van der Waals surface area contributed by atoms with Crippen LogP contribution in [0.15, 0.2) is 36.7 Å². The normalized spacial score (nSPS) is 10.2. The summed E-state index contributed by atoms with van der Waals surface area (Å²) in [6, 6.07) is 9.78. The number of ether oxygens (including phenoxy) is 1. The second-order valence-corrected chi connectivity index (χ2v) is 4.44. The summed E-state index contributed by atoms with van der Waals surface area (Å²) < 4.78 is 5.60. The van der Waals surface area contributed by atoms with Gasteiger partial charge in [-0.25, -0.2) is 9.97 Å². The number of para-hydroxylation sites is 1. The van der Waals surface area contributed by atoms with E-state index in [-0.39, 0.29) is 0 Å². The third-order valence-electron chi connectivity index (χ3n) is 2.65.